The molecular formula is C21H27ClO2. The van der Waals surface area contributed by atoms with Crippen LogP contribution >= 0.6 is 11.6 Å². The molecule has 0 aromatic rings. The molecule has 1 unspecified atom stereocenters. The van der Waals surface area contributed by atoms with Crippen molar-refractivity contribution < 1.29 is 9.59 Å². The average molecular weight is 347 g/mol. The molecule has 4 rings (SSSR count). The summed E-state index contributed by atoms with van der Waals surface area (Å²) in [6, 6.07) is 0. The van der Waals surface area contributed by atoms with Crippen LogP contribution in [0.4, 0.5) is 0 Å². The minimum Gasteiger partial charge on any atom is -0.300 e. The van der Waals surface area contributed by atoms with Crippen LogP contribution in [0.2, 0.25) is 0 Å². The molecule has 7 atom stereocenters. The highest BCUT2D eigenvalue weighted by Crippen LogP contribution is 2.66. The Morgan fingerprint density at radius 1 is 1.21 bits per heavy atom. The van der Waals surface area contributed by atoms with E-state index in [1.165, 1.54) is 5.57 Å². The van der Waals surface area contributed by atoms with Gasteiger partial charge in [-0.05, 0) is 74.3 Å². The maximum absolute atomic E-state index is 12.2. The maximum Gasteiger partial charge on any atom is 0.178 e. The normalized spacial score (nSPS) is 49.9. The van der Waals surface area contributed by atoms with E-state index < -0.39 is 0 Å². The Bertz CT molecular complexity index is 663. The lowest BCUT2D eigenvalue weighted by atomic mass is 9.47. The van der Waals surface area contributed by atoms with Gasteiger partial charge < -0.3 is 0 Å². The van der Waals surface area contributed by atoms with Gasteiger partial charge in [0.05, 0.1) is 0 Å². The Morgan fingerprint density at radius 3 is 2.67 bits per heavy atom. The number of hydrogen-bond donors (Lipinski definition) is 0. The largest absolute Gasteiger partial charge is 0.300 e. The summed E-state index contributed by atoms with van der Waals surface area (Å²) in [4.78, 5) is 24.0. The molecule has 0 bridgehead atoms. The number of Topliss-reactive ketones (excluding diaryl/α,β-unsaturated/α-hetero) is 1. The lowest BCUT2D eigenvalue weighted by Crippen LogP contribution is -2.53. The molecule has 3 fully saturated rings. The second-order valence-corrected chi connectivity index (χ2v) is 9.54. The van der Waals surface area contributed by atoms with Crippen LogP contribution in [0.5, 0.6) is 0 Å². The standard InChI is InChI=1S/C21H27ClO2/c1-12(23)15-4-5-16-19-17(7-9-21(15,16)3)20(2)8-6-14(24)10-13(20)11-18(19)22/h6,8,10,15-19H,4-5,7,9,11H2,1-3H3/t15-,16+,17+,18?,19+,20+,21-/m1/s1. The van der Waals surface area contributed by atoms with Gasteiger partial charge in [-0.15, -0.1) is 11.6 Å². The van der Waals surface area contributed by atoms with Crippen LogP contribution < -0.4 is 0 Å². The lowest BCUT2D eigenvalue weighted by Gasteiger charge is -2.58. The van der Waals surface area contributed by atoms with Crippen LogP contribution in [0.1, 0.15) is 52.9 Å². The fourth-order valence-corrected chi connectivity index (χ4v) is 7.31. The first kappa shape index (κ1) is 16.6. The van der Waals surface area contributed by atoms with Crippen LogP contribution in [0.3, 0.4) is 0 Å². The molecular weight excluding hydrogens is 320 g/mol. The Hall–Kier alpha value is -0.890. The summed E-state index contributed by atoms with van der Waals surface area (Å²) in [7, 11) is 0. The molecule has 0 aliphatic heterocycles. The number of carbonyl (C=O) groups is 2. The zero-order chi connectivity index (χ0) is 17.3. The van der Waals surface area contributed by atoms with E-state index in [9.17, 15) is 9.59 Å². The van der Waals surface area contributed by atoms with Crippen LogP contribution in [-0.4, -0.2) is 16.9 Å². The van der Waals surface area contributed by atoms with Crippen molar-refractivity contribution in [2.75, 3.05) is 0 Å². The molecule has 2 nitrogen and oxygen atoms in total. The van der Waals surface area contributed by atoms with E-state index in [1.807, 2.05) is 6.08 Å². The van der Waals surface area contributed by atoms with Gasteiger partial charge in [0.2, 0.25) is 0 Å². The minimum absolute atomic E-state index is 0.0282. The van der Waals surface area contributed by atoms with Gasteiger partial charge in [-0.2, -0.15) is 0 Å². The number of carbonyl (C=O) groups excluding carboxylic acids is 2. The average Bonchev–Trinajstić information content (AvgIpc) is 2.86. The third-order valence-electron chi connectivity index (χ3n) is 8.03. The summed E-state index contributed by atoms with van der Waals surface area (Å²) < 4.78 is 0. The van der Waals surface area contributed by atoms with Gasteiger partial charge in [-0.1, -0.05) is 25.5 Å². The number of alkyl halides is 1. The Balaban J connectivity index is 1.73. The number of hydrogen-bond acceptors (Lipinski definition) is 2. The van der Waals surface area contributed by atoms with Crippen molar-refractivity contribution in [3.63, 3.8) is 0 Å². The molecule has 0 N–H and O–H groups in total. The predicted molar refractivity (Wildman–Crippen MR) is 95.8 cm³/mol. The number of rotatable bonds is 1. The zero-order valence-corrected chi connectivity index (χ0v) is 15.6. The Kier molecular flexibility index (Phi) is 3.66. The number of fused-ring (bicyclic) bond motifs is 5. The van der Waals surface area contributed by atoms with Crippen LogP contribution in [0, 0.1) is 34.5 Å². The highest BCUT2D eigenvalue weighted by atomic mass is 35.5. The smallest absolute Gasteiger partial charge is 0.178 e. The van der Waals surface area contributed by atoms with Crippen molar-refractivity contribution in [3.05, 3.63) is 23.8 Å². The van der Waals surface area contributed by atoms with Gasteiger partial charge in [-0.3, -0.25) is 9.59 Å². The third kappa shape index (κ3) is 2.08. The quantitative estimate of drug-likeness (QED) is 0.644. The highest BCUT2D eigenvalue weighted by Gasteiger charge is 2.61. The molecule has 3 heteroatoms. The number of halogens is 1. The van der Waals surface area contributed by atoms with E-state index in [0.717, 1.165) is 32.1 Å². The van der Waals surface area contributed by atoms with Gasteiger partial charge in [0.1, 0.15) is 5.78 Å². The molecule has 4 aliphatic rings. The van der Waals surface area contributed by atoms with Gasteiger partial charge in [0.15, 0.2) is 5.78 Å². The topological polar surface area (TPSA) is 34.1 Å². The van der Waals surface area contributed by atoms with Crippen molar-refractivity contribution in [3.8, 4) is 0 Å². The highest BCUT2D eigenvalue weighted by molar-refractivity contribution is 6.21. The first-order valence-electron chi connectivity index (χ1n) is 9.36. The Morgan fingerprint density at radius 2 is 1.96 bits per heavy atom. The van der Waals surface area contributed by atoms with Crippen molar-refractivity contribution in [2.45, 2.75) is 58.3 Å². The van der Waals surface area contributed by atoms with Gasteiger partial charge in [0, 0.05) is 16.7 Å². The molecule has 0 heterocycles. The van der Waals surface area contributed by atoms with Gasteiger partial charge in [-0.25, -0.2) is 0 Å². The third-order valence-corrected chi connectivity index (χ3v) is 8.47. The summed E-state index contributed by atoms with van der Waals surface area (Å²) in [6.45, 7) is 6.40. The van der Waals surface area contributed by atoms with Gasteiger partial charge in [0.25, 0.3) is 0 Å². The van der Waals surface area contributed by atoms with Crippen LogP contribution in [0.15, 0.2) is 23.8 Å². The molecule has 4 aliphatic carbocycles. The first-order valence-corrected chi connectivity index (χ1v) is 9.80. The predicted octanol–water partition coefficient (Wildman–Crippen LogP) is 4.72. The molecule has 0 radical (unpaired) electrons. The van der Waals surface area contributed by atoms with Crippen molar-refractivity contribution >= 4 is 23.2 Å². The van der Waals surface area contributed by atoms with E-state index in [1.54, 1.807) is 13.0 Å². The summed E-state index contributed by atoms with van der Waals surface area (Å²) in [6.07, 6.45) is 10.9. The summed E-state index contributed by atoms with van der Waals surface area (Å²) in [5.41, 5.74) is 1.31. The molecule has 0 saturated heterocycles. The molecule has 0 aromatic carbocycles. The van der Waals surface area contributed by atoms with Crippen molar-refractivity contribution in [2.24, 2.45) is 34.5 Å². The fraction of sp³-hybridized carbons (Fsp3) is 0.714. The second kappa shape index (κ2) is 5.30. The molecule has 0 aromatic heterocycles. The monoisotopic (exact) mass is 346 g/mol. The minimum atomic E-state index is -0.0282. The van der Waals surface area contributed by atoms with Crippen LogP contribution in [0.25, 0.3) is 0 Å². The van der Waals surface area contributed by atoms with E-state index in [-0.39, 0.29) is 27.9 Å². The SMILES string of the molecule is CC(=O)[C@H]1CC[C@H]2[C@@H]3C(Cl)CC4=CC(=O)C=C[C@]4(C)[C@H]3CC[C@]12C. The number of allylic oxidation sites excluding steroid dienone is 4. The number of ketones is 2. The van der Waals surface area contributed by atoms with E-state index >= 15 is 0 Å². The molecule has 0 amide bonds. The molecule has 0 spiro atoms. The van der Waals surface area contributed by atoms with E-state index in [4.69, 9.17) is 11.6 Å². The van der Waals surface area contributed by atoms with Crippen molar-refractivity contribution in [1.29, 1.82) is 0 Å². The van der Waals surface area contributed by atoms with Crippen LogP contribution in [-0.2, 0) is 9.59 Å². The molecule has 24 heavy (non-hydrogen) atoms. The van der Waals surface area contributed by atoms with Gasteiger partial charge >= 0.3 is 0 Å². The van der Waals surface area contributed by atoms with E-state index in [0.29, 0.717) is 23.5 Å². The maximum atomic E-state index is 12.2. The van der Waals surface area contributed by atoms with E-state index in [2.05, 4.69) is 19.9 Å². The summed E-state index contributed by atoms with van der Waals surface area (Å²) in [5, 5.41) is 0.0870. The van der Waals surface area contributed by atoms with Crippen molar-refractivity contribution in [1.82, 2.24) is 0 Å². The second-order valence-electron chi connectivity index (χ2n) is 8.98. The lowest BCUT2D eigenvalue weighted by molar-refractivity contribution is -0.127. The zero-order valence-electron chi connectivity index (χ0n) is 14.8. The fourth-order valence-electron chi connectivity index (χ4n) is 6.79. The summed E-state index contributed by atoms with van der Waals surface area (Å²) >= 11 is 6.91. The molecule has 3 saturated carbocycles. The summed E-state index contributed by atoms with van der Waals surface area (Å²) in [5.74, 6) is 2.15. The first-order chi connectivity index (χ1) is 11.3. The molecule has 130 valence electrons. The Labute approximate surface area is 149 Å².